The van der Waals surface area contributed by atoms with E-state index in [4.69, 9.17) is 0 Å². The van der Waals surface area contributed by atoms with E-state index >= 15 is 0 Å². The summed E-state index contributed by atoms with van der Waals surface area (Å²) in [6.07, 6.45) is 8.11. The van der Waals surface area contributed by atoms with Gasteiger partial charge in [0.1, 0.15) is 0 Å². The van der Waals surface area contributed by atoms with Gasteiger partial charge in [0.25, 0.3) is 0 Å². The van der Waals surface area contributed by atoms with Gasteiger partial charge in [-0.2, -0.15) is 0 Å². The molecule has 0 aromatic heterocycles. The molecule has 1 aliphatic carbocycles. The smallest absolute Gasteiger partial charge is 0.0221 e. The summed E-state index contributed by atoms with van der Waals surface area (Å²) < 4.78 is 0. The molecule has 2 heteroatoms. The van der Waals surface area contributed by atoms with E-state index in [0.29, 0.717) is 0 Å². The zero-order valence-corrected chi connectivity index (χ0v) is 11.9. The zero-order valence-electron chi connectivity index (χ0n) is 11.9. The molecule has 1 aromatic carbocycles. The van der Waals surface area contributed by atoms with Gasteiger partial charge in [0.15, 0.2) is 0 Å². The van der Waals surface area contributed by atoms with Crippen molar-refractivity contribution in [2.75, 3.05) is 19.6 Å². The lowest BCUT2D eigenvalue weighted by Crippen LogP contribution is -2.39. The number of likely N-dealkylation sites (tertiary alicyclic amines) is 1. The Labute approximate surface area is 117 Å². The van der Waals surface area contributed by atoms with Crippen molar-refractivity contribution in [3.8, 4) is 0 Å². The van der Waals surface area contributed by atoms with Crippen LogP contribution in [0.5, 0.6) is 0 Å². The van der Waals surface area contributed by atoms with Crippen molar-refractivity contribution in [3.05, 3.63) is 35.9 Å². The highest BCUT2D eigenvalue weighted by Crippen LogP contribution is 2.21. The van der Waals surface area contributed by atoms with E-state index in [2.05, 4.69) is 40.5 Å². The van der Waals surface area contributed by atoms with Gasteiger partial charge in [-0.3, -0.25) is 4.90 Å². The lowest BCUT2D eigenvalue weighted by Gasteiger charge is -2.24. The molecule has 0 amide bonds. The third kappa shape index (κ3) is 4.05. The van der Waals surface area contributed by atoms with Crippen molar-refractivity contribution in [2.24, 2.45) is 0 Å². The van der Waals surface area contributed by atoms with Crippen LogP contribution in [0.25, 0.3) is 0 Å². The topological polar surface area (TPSA) is 15.3 Å². The molecule has 1 aromatic rings. The molecule has 1 saturated heterocycles. The Hall–Kier alpha value is -0.860. The summed E-state index contributed by atoms with van der Waals surface area (Å²) in [5.74, 6) is 0. The fourth-order valence-corrected chi connectivity index (χ4v) is 3.14. The number of nitrogens with one attached hydrogen (secondary N) is 1. The third-order valence-corrected chi connectivity index (χ3v) is 4.47. The van der Waals surface area contributed by atoms with Crippen molar-refractivity contribution in [1.29, 1.82) is 0 Å². The summed E-state index contributed by atoms with van der Waals surface area (Å²) >= 11 is 0. The number of rotatable bonds is 7. The normalized spacial score (nSPS) is 23.9. The highest BCUT2D eigenvalue weighted by Gasteiger charge is 2.27. The van der Waals surface area contributed by atoms with Gasteiger partial charge in [-0.1, -0.05) is 30.3 Å². The standard InChI is InChI=1S/C17H26N2/c1-2-6-15(7-3-1)8-4-12-19-13-5-9-17(19)14-18-16-10-11-16/h1-3,6-7,16-18H,4-5,8-14H2. The number of nitrogens with zero attached hydrogens (tertiary/aromatic N) is 1. The van der Waals surface area contributed by atoms with Crippen LogP contribution in [0, 0.1) is 0 Å². The Morgan fingerprint density at radius 1 is 1.11 bits per heavy atom. The van der Waals surface area contributed by atoms with Gasteiger partial charge >= 0.3 is 0 Å². The van der Waals surface area contributed by atoms with Gasteiger partial charge in [-0.25, -0.2) is 0 Å². The molecule has 1 heterocycles. The summed E-state index contributed by atoms with van der Waals surface area (Å²) in [5, 5.41) is 3.69. The molecule has 0 bridgehead atoms. The zero-order chi connectivity index (χ0) is 12.9. The average Bonchev–Trinajstić information content (AvgIpc) is 3.17. The minimum atomic E-state index is 0.802. The molecule has 1 atom stereocenters. The van der Waals surface area contributed by atoms with Crippen LogP contribution in [0.2, 0.25) is 0 Å². The van der Waals surface area contributed by atoms with Crippen LogP contribution in [0.3, 0.4) is 0 Å². The van der Waals surface area contributed by atoms with Crippen LogP contribution < -0.4 is 5.32 Å². The Kier molecular flexibility index (Phi) is 4.52. The Balaban J connectivity index is 1.38. The predicted molar refractivity (Wildman–Crippen MR) is 80.4 cm³/mol. The quantitative estimate of drug-likeness (QED) is 0.809. The van der Waals surface area contributed by atoms with Gasteiger partial charge in [-0.15, -0.1) is 0 Å². The minimum Gasteiger partial charge on any atom is -0.312 e. The van der Waals surface area contributed by atoms with Crippen LogP contribution in [0.15, 0.2) is 30.3 Å². The molecule has 3 rings (SSSR count). The maximum Gasteiger partial charge on any atom is 0.0221 e. The Bertz CT molecular complexity index is 372. The first-order valence-electron chi connectivity index (χ1n) is 7.93. The molecule has 19 heavy (non-hydrogen) atoms. The molecule has 0 spiro atoms. The van der Waals surface area contributed by atoms with Crippen LogP contribution in [-0.2, 0) is 6.42 Å². The molecule has 2 aliphatic rings. The summed E-state index contributed by atoms with van der Waals surface area (Å²) in [6, 6.07) is 12.5. The van der Waals surface area contributed by atoms with E-state index in [9.17, 15) is 0 Å². The van der Waals surface area contributed by atoms with Crippen LogP contribution in [0.4, 0.5) is 0 Å². The first kappa shape index (κ1) is 13.1. The predicted octanol–water partition coefficient (Wildman–Crippen LogP) is 2.84. The highest BCUT2D eigenvalue weighted by atomic mass is 15.2. The van der Waals surface area contributed by atoms with Gasteiger partial charge < -0.3 is 5.32 Å². The van der Waals surface area contributed by atoms with Crippen molar-refractivity contribution < 1.29 is 0 Å². The van der Waals surface area contributed by atoms with Gasteiger partial charge in [-0.05, 0) is 57.2 Å². The molecule has 104 valence electrons. The van der Waals surface area contributed by atoms with Crippen LogP contribution in [-0.4, -0.2) is 36.6 Å². The molecule has 2 fully saturated rings. The number of benzene rings is 1. The minimum absolute atomic E-state index is 0.802. The van der Waals surface area contributed by atoms with E-state index < -0.39 is 0 Å². The van der Waals surface area contributed by atoms with E-state index in [0.717, 1.165) is 12.1 Å². The van der Waals surface area contributed by atoms with Crippen molar-refractivity contribution in [3.63, 3.8) is 0 Å². The second-order valence-corrected chi connectivity index (χ2v) is 6.10. The molecule has 2 nitrogen and oxygen atoms in total. The largest absolute Gasteiger partial charge is 0.312 e. The average molecular weight is 258 g/mol. The highest BCUT2D eigenvalue weighted by molar-refractivity contribution is 5.14. The maximum atomic E-state index is 3.69. The fourth-order valence-electron chi connectivity index (χ4n) is 3.14. The number of hydrogen-bond acceptors (Lipinski definition) is 2. The van der Waals surface area contributed by atoms with E-state index in [1.807, 2.05) is 0 Å². The SMILES string of the molecule is c1ccc(CCCN2CCCC2CNC2CC2)cc1. The second kappa shape index (κ2) is 6.53. The summed E-state index contributed by atoms with van der Waals surface area (Å²) in [5.41, 5.74) is 1.48. The molecule has 1 unspecified atom stereocenters. The third-order valence-electron chi connectivity index (χ3n) is 4.47. The lowest BCUT2D eigenvalue weighted by molar-refractivity contribution is 0.244. The summed E-state index contributed by atoms with van der Waals surface area (Å²) in [6.45, 7) is 3.80. The van der Waals surface area contributed by atoms with Gasteiger partial charge in [0.2, 0.25) is 0 Å². The van der Waals surface area contributed by atoms with Crippen molar-refractivity contribution in [2.45, 2.75) is 50.6 Å². The van der Waals surface area contributed by atoms with Crippen molar-refractivity contribution >= 4 is 0 Å². The lowest BCUT2D eigenvalue weighted by atomic mass is 10.1. The first-order chi connectivity index (χ1) is 9.42. The summed E-state index contributed by atoms with van der Waals surface area (Å²) in [4.78, 5) is 2.71. The molecule has 0 radical (unpaired) electrons. The van der Waals surface area contributed by atoms with E-state index in [1.54, 1.807) is 0 Å². The van der Waals surface area contributed by atoms with Crippen LogP contribution in [0.1, 0.15) is 37.7 Å². The van der Waals surface area contributed by atoms with Crippen LogP contribution >= 0.6 is 0 Å². The van der Waals surface area contributed by atoms with E-state index in [1.165, 1.54) is 63.7 Å². The molecule has 1 saturated carbocycles. The molecule has 1 N–H and O–H groups in total. The maximum absolute atomic E-state index is 3.69. The Morgan fingerprint density at radius 3 is 2.74 bits per heavy atom. The van der Waals surface area contributed by atoms with E-state index in [-0.39, 0.29) is 0 Å². The summed E-state index contributed by atoms with van der Waals surface area (Å²) in [7, 11) is 0. The second-order valence-electron chi connectivity index (χ2n) is 6.10. The number of hydrogen-bond donors (Lipinski definition) is 1. The Morgan fingerprint density at radius 2 is 1.95 bits per heavy atom. The molecular formula is C17H26N2. The van der Waals surface area contributed by atoms with Gasteiger partial charge in [0, 0.05) is 18.6 Å². The first-order valence-corrected chi connectivity index (χ1v) is 7.93. The molecular weight excluding hydrogens is 232 g/mol. The molecule has 1 aliphatic heterocycles. The van der Waals surface area contributed by atoms with Crippen molar-refractivity contribution in [1.82, 2.24) is 10.2 Å². The fraction of sp³-hybridized carbons (Fsp3) is 0.647. The number of aryl methyl sites for hydroxylation is 1. The monoisotopic (exact) mass is 258 g/mol. The van der Waals surface area contributed by atoms with Gasteiger partial charge in [0.05, 0.1) is 0 Å².